The minimum Gasteiger partial charge on any atom is -0.507 e. The Morgan fingerprint density at radius 1 is 0.700 bits per heavy atom. The highest BCUT2D eigenvalue weighted by molar-refractivity contribution is 5.63. The second-order valence-electron chi connectivity index (χ2n) is 3.94. The summed E-state index contributed by atoms with van der Waals surface area (Å²) in [5.41, 5.74) is 0.639. The molecule has 0 aliphatic heterocycles. The van der Waals surface area contributed by atoms with E-state index in [0.29, 0.717) is 5.56 Å². The van der Waals surface area contributed by atoms with Crippen molar-refractivity contribution in [2.24, 2.45) is 0 Å². The van der Waals surface area contributed by atoms with Crippen molar-refractivity contribution >= 4 is 0 Å². The number of benzene rings is 1. The van der Waals surface area contributed by atoms with Gasteiger partial charge in [-0.25, -0.2) is 4.98 Å². The molecule has 7 nitrogen and oxygen atoms in total. The summed E-state index contributed by atoms with van der Waals surface area (Å²) < 4.78 is 0. The molecule has 20 heavy (non-hydrogen) atoms. The molecule has 2 heterocycles. The van der Waals surface area contributed by atoms with Crippen LogP contribution in [0.3, 0.4) is 0 Å². The van der Waals surface area contributed by atoms with Crippen LogP contribution in [0.5, 0.6) is 11.5 Å². The van der Waals surface area contributed by atoms with E-state index in [1.54, 1.807) is 24.3 Å². The third kappa shape index (κ3) is 2.12. The quantitative estimate of drug-likeness (QED) is 0.723. The highest BCUT2D eigenvalue weighted by Crippen LogP contribution is 2.26. The molecule has 1 aromatic carbocycles. The molecule has 0 atom stereocenters. The van der Waals surface area contributed by atoms with Gasteiger partial charge >= 0.3 is 0 Å². The van der Waals surface area contributed by atoms with E-state index >= 15 is 0 Å². The predicted octanol–water partition coefficient (Wildman–Crippen LogP) is 1.41. The van der Waals surface area contributed by atoms with E-state index in [1.807, 2.05) is 0 Å². The fourth-order valence-electron chi connectivity index (χ4n) is 1.66. The van der Waals surface area contributed by atoms with Crippen LogP contribution in [0.25, 0.3) is 22.9 Å². The smallest absolute Gasteiger partial charge is 0.225 e. The number of pyridine rings is 1. The maximum absolute atomic E-state index is 9.71. The van der Waals surface area contributed by atoms with Crippen LogP contribution in [0.2, 0.25) is 0 Å². The molecule has 0 saturated carbocycles. The van der Waals surface area contributed by atoms with Gasteiger partial charge in [0.2, 0.25) is 11.6 Å². The van der Waals surface area contributed by atoms with Crippen molar-refractivity contribution in [1.82, 2.24) is 25.4 Å². The fraction of sp³-hybridized carbons (Fsp3) is 0. The van der Waals surface area contributed by atoms with Gasteiger partial charge in [-0.15, -0.1) is 20.4 Å². The lowest BCUT2D eigenvalue weighted by atomic mass is 10.2. The molecular formula is C13H9N5O2. The standard InChI is InChI=1S/C13H9N5O2/c19-9-5-2-1-4-8(9)12-15-17-13(18-16-12)11-10(20)6-3-7-14-11/h1-7,19-20H. The molecule has 98 valence electrons. The average molecular weight is 267 g/mol. The SMILES string of the molecule is Oc1ccccc1-c1nnc(-c2ncccc2O)nn1. The predicted molar refractivity (Wildman–Crippen MR) is 69.6 cm³/mol. The molecule has 0 aliphatic rings. The van der Waals surface area contributed by atoms with Gasteiger partial charge in [-0.1, -0.05) is 12.1 Å². The molecule has 3 rings (SSSR count). The van der Waals surface area contributed by atoms with Crippen LogP contribution in [0, 0.1) is 0 Å². The first-order valence-electron chi connectivity index (χ1n) is 5.76. The number of nitrogens with zero attached hydrogens (tertiary/aromatic N) is 5. The third-order valence-corrected chi connectivity index (χ3v) is 2.62. The second kappa shape index (κ2) is 4.88. The molecule has 0 aliphatic carbocycles. The number of phenolic OH excluding ortho intramolecular Hbond substituents is 1. The van der Waals surface area contributed by atoms with E-state index in [0.717, 1.165) is 0 Å². The van der Waals surface area contributed by atoms with E-state index in [4.69, 9.17) is 0 Å². The van der Waals surface area contributed by atoms with Gasteiger partial charge in [0.15, 0.2) is 5.69 Å². The number of aromatic hydroxyl groups is 2. The number of hydrogen-bond acceptors (Lipinski definition) is 7. The Morgan fingerprint density at radius 2 is 1.35 bits per heavy atom. The van der Waals surface area contributed by atoms with E-state index < -0.39 is 0 Å². The normalized spacial score (nSPS) is 10.4. The Labute approximate surface area is 113 Å². The first kappa shape index (κ1) is 12.0. The summed E-state index contributed by atoms with van der Waals surface area (Å²) in [5, 5.41) is 34.9. The summed E-state index contributed by atoms with van der Waals surface area (Å²) in [4.78, 5) is 3.96. The lowest BCUT2D eigenvalue weighted by molar-refractivity contribution is 0.473. The fourth-order valence-corrected chi connectivity index (χ4v) is 1.66. The topological polar surface area (TPSA) is 105 Å². The van der Waals surface area contributed by atoms with Gasteiger partial charge in [-0.2, -0.15) is 0 Å². The van der Waals surface area contributed by atoms with E-state index in [-0.39, 0.29) is 28.8 Å². The maximum atomic E-state index is 9.71. The van der Waals surface area contributed by atoms with Crippen molar-refractivity contribution < 1.29 is 10.2 Å². The first-order chi connectivity index (χ1) is 9.75. The van der Waals surface area contributed by atoms with Crippen LogP contribution >= 0.6 is 0 Å². The van der Waals surface area contributed by atoms with E-state index in [1.165, 1.54) is 18.3 Å². The summed E-state index contributed by atoms with van der Waals surface area (Å²) in [7, 11) is 0. The zero-order chi connectivity index (χ0) is 13.9. The van der Waals surface area contributed by atoms with Gasteiger partial charge in [0.1, 0.15) is 11.5 Å². The van der Waals surface area contributed by atoms with Crippen LogP contribution in [-0.2, 0) is 0 Å². The lowest BCUT2D eigenvalue weighted by Gasteiger charge is -2.02. The van der Waals surface area contributed by atoms with Gasteiger partial charge in [0, 0.05) is 6.20 Å². The summed E-state index contributed by atoms with van der Waals surface area (Å²) in [6, 6.07) is 9.69. The summed E-state index contributed by atoms with van der Waals surface area (Å²) >= 11 is 0. The molecule has 0 unspecified atom stereocenters. The van der Waals surface area contributed by atoms with Crippen molar-refractivity contribution in [2.45, 2.75) is 0 Å². The number of phenols is 1. The molecule has 7 heteroatoms. The first-order valence-corrected chi connectivity index (χ1v) is 5.76. The van der Waals surface area contributed by atoms with Crippen LogP contribution < -0.4 is 0 Å². The zero-order valence-corrected chi connectivity index (χ0v) is 10.2. The Kier molecular flexibility index (Phi) is 2.92. The largest absolute Gasteiger partial charge is 0.507 e. The molecule has 0 fully saturated rings. The van der Waals surface area contributed by atoms with Gasteiger partial charge in [-0.05, 0) is 24.3 Å². The number of aromatic nitrogens is 5. The van der Waals surface area contributed by atoms with Crippen LogP contribution in [0.4, 0.5) is 0 Å². The highest BCUT2D eigenvalue weighted by Gasteiger charge is 2.12. The van der Waals surface area contributed by atoms with Crippen LogP contribution in [0.1, 0.15) is 0 Å². The van der Waals surface area contributed by atoms with Gasteiger partial charge < -0.3 is 10.2 Å². The van der Waals surface area contributed by atoms with Crippen LogP contribution in [0.15, 0.2) is 42.6 Å². The van der Waals surface area contributed by atoms with Gasteiger partial charge in [0.25, 0.3) is 0 Å². The molecule has 0 saturated heterocycles. The molecule has 0 radical (unpaired) electrons. The number of hydrogen-bond donors (Lipinski definition) is 2. The molecule has 0 bridgehead atoms. The van der Waals surface area contributed by atoms with Crippen molar-refractivity contribution in [3.05, 3.63) is 42.6 Å². The lowest BCUT2D eigenvalue weighted by Crippen LogP contribution is -2.00. The Balaban J connectivity index is 2.01. The Hall–Kier alpha value is -3.09. The molecular weight excluding hydrogens is 258 g/mol. The molecule has 0 spiro atoms. The molecule has 2 aromatic heterocycles. The third-order valence-electron chi connectivity index (χ3n) is 2.62. The van der Waals surface area contributed by atoms with Crippen LogP contribution in [-0.4, -0.2) is 35.6 Å². The van der Waals surface area contributed by atoms with E-state index in [2.05, 4.69) is 25.4 Å². The van der Waals surface area contributed by atoms with Crippen molar-refractivity contribution in [3.8, 4) is 34.4 Å². The summed E-state index contributed by atoms with van der Waals surface area (Å²) in [6.07, 6.45) is 1.51. The minimum absolute atomic E-state index is 0.0459. The van der Waals surface area contributed by atoms with Gasteiger partial charge in [0.05, 0.1) is 5.56 Å². The van der Waals surface area contributed by atoms with Crippen molar-refractivity contribution in [1.29, 1.82) is 0 Å². The molecule has 0 amide bonds. The monoisotopic (exact) mass is 267 g/mol. The Morgan fingerprint density at radius 3 is 2.05 bits per heavy atom. The number of rotatable bonds is 2. The van der Waals surface area contributed by atoms with Crippen molar-refractivity contribution in [3.63, 3.8) is 0 Å². The summed E-state index contributed by atoms with van der Waals surface area (Å²) in [6.45, 7) is 0. The number of para-hydroxylation sites is 1. The van der Waals surface area contributed by atoms with E-state index in [9.17, 15) is 10.2 Å². The summed E-state index contributed by atoms with van der Waals surface area (Å²) in [5.74, 6) is 0.306. The average Bonchev–Trinajstić information content (AvgIpc) is 2.49. The van der Waals surface area contributed by atoms with Crippen molar-refractivity contribution in [2.75, 3.05) is 0 Å². The molecule has 2 N–H and O–H groups in total. The zero-order valence-electron chi connectivity index (χ0n) is 10.2. The van der Waals surface area contributed by atoms with Gasteiger partial charge in [-0.3, -0.25) is 0 Å². The molecule has 3 aromatic rings. The second-order valence-corrected chi connectivity index (χ2v) is 3.94. The maximum Gasteiger partial charge on any atom is 0.225 e. The minimum atomic E-state index is -0.0496. The Bertz CT molecular complexity index is 681. The highest BCUT2D eigenvalue weighted by atomic mass is 16.3.